The van der Waals surface area contributed by atoms with E-state index < -0.39 is 5.41 Å². The van der Waals surface area contributed by atoms with Crippen molar-refractivity contribution in [3.8, 4) is 33.4 Å². The Hall–Kier alpha value is -7.04. The van der Waals surface area contributed by atoms with E-state index in [0.29, 0.717) is 0 Å². The summed E-state index contributed by atoms with van der Waals surface area (Å²) in [6.07, 6.45) is 0. The molecule has 0 bridgehead atoms. The molecule has 0 amide bonds. The highest BCUT2D eigenvalue weighted by atomic mass is 14.9. The molecule has 0 heterocycles. The molecule has 0 radical (unpaired) electrons. The van der Waals surface area contributed by atoms with E-state index >= 15 is 0 Å². The molecule has 0 atom stereocenters. The van der Waals surface area contributed by atoms with E-state index in [0.717, 1.165) is 67.5 Å². The summed E-state index contributed by atoms with van der Waals surface area (Å²) in [5, 5.41) is 7.02. The molecule has 4 nitrogen and oxygen atoms in total. The first-order valence-electron chi connectivity index (χ1n) is 17.9. The topological polar surface area (TPSA) is 76.1 Å². The van der Waals surface area contributed by atoms with E-state index in [2.05, 4.69) is 144 Å². The molecular weight excluding hydrogens is 645 g/mol. The van der Waals surface area contributed by atoms with Crippen molar-refractivity contribution in [1.82, 2.24) is 0 Å². The Morgan fingerprint density at radius 2 is 0.660 bits per heavy atom. The molecule has 6 N–H and O–H groups in total. The van der Waals surface area contributed by atoms with Crippen molar-refractivity contribution in [3.05, 3.63) is 216 Å². The van der Waals surface area contributed by atoms with Gasteiger partial charge in [0, 0.05) is 34.1 Å². The number of para-hydroxylation sites is 2. The van der Waals surface area contributed by atoms with Gasteiger partial charge in [-0.15, -0.1) is 0 Å². The van der Waals surface area contributed by atoms with Gasteiger partial charge in [0.05, 0.1) is 5.41 Å². The van der Waals surface area contributed by atoms with Crippen molar-refractivity contribution in [2.24, 2.45) is 0 Å². The molecule has 9 rings (SSSR count). The minimum absolute atomic E-state index is 0.623. The van der Waals surface area contributed by atoms with Gasteiger partial charge in [-0.05, 0) is 141 Å². The van der Waals surface area contributed by atoms with Gasteiger partial charge in [-0.3, -0.25) is 0 Å². The Bertz CT molecular complexity index is 2340. The van der Waals surface area contributed by atoms with E-state index in [1.165, 1.54) is 22.3 Å². The Balaban J connectivity index is 1.18. The van der Waals surface area contributed by atoms with Crippen LogP contribution in [-0.2, 0) is 5.41 Å². The number of hydrogen-bond donors (Lipinski definition) is 4. The standard InChI is InChI=1S/C49H38N4/c50-39-21-17-37(18-22-39)49(38-19-23-40(51)24-20-38)47-31-35(33-11-25-43(26-12-33)52-41-7-3-1-4-8-41)15-29-45(47)46-30-16-36(32-48(46)49)34-13-27-44(28-14-34)53-42-9-5-2-6-10-42/h1-32,52-53H,50-51H2. The Morgan fingerprint density at radius 3 is 1.04 bits per heavy atom. The van der Waals surface area contributed by atoms with Crippen LogP contribution in [0.4, 0.5) is 34.1 Å². The average molecular weight is 683 g/mol. The summed E-state index contributed by atoms with van der Waals surface area (Å²) >= 11 is 0. The van der Waals surface area contributed by atoms with Crippen LogP contribution in [0.1, 0.15) is 22.3 Å². The molecule has 1 aliphatic carbocycles. The highest BCUT2D eigenvalue weighted by molar-refractivity contribution is 5.90. The molecule has 0 saturated carbocycles. The van der Waals surface area contributed by atoms with Crippen LogP contribution in [0.5, 0.6) is 0 Å². The highest BCUT2D eigenvalue weighted by Crippen LogP contribution is 2.57. The zero-order valence-electron chi connectivity index (χ0n) is 29.1. The number of benzene rings is 8. The molecule has 254 valence electrons. The zero-order chi connectivity index (χ0) is 35.8. The van der Waals surface area contributed by atoms with Gasteiger partial charge < -0.3 is 22.1 Å². The Kier molecular flexibility index (Phi) is 7.98. The SMILES string of the molecule is Nc1ccc(C2(c3ccc(N)cc3)c3cc(-c4ccc(Nc5ccccc5)cc4)ccc3-c3ccc(-c4ccc(Nc5ccccc5)cc4)cc32)cc1. The first kappa shape index (κ1) is 31.9. The summed E-state index contributed by atoms with van der Waals surface area (Å²) in [7, 11) is 0. The normalized spacial score (nSPS) is 12.5. The molecule has 4 heteroatoms. The van der Waals surface area contributed by atoms with E-state index in [1.807, 2.05) is 60.7 Å². The van der Waals surface area contributed by atoms with Gasteiger partial charge in [-0.25, -0.2) is 0 Å². The van der Waals surface area contributed by atoms with Crippen molar-refractivity contribution in [3.63, 3.8) is 0 Å². The van der Waals surface area contributed by atoms with Crippen LogP contribution in [-0.4, -0.2) is 0 Å². The molecule has 0 aromatic heterocycles. The number of fused-ring (bicyclic) bond motifs is 3. The minimum atomic E-state index is -0.623. The van der Waals surface area contributed by atoms with E-state index in [9.17, 15) is 0 Å². The van der Waals surface area contributed by atoms with Crippen molar-refractivity contribution >= 4 is 34.1 Å². The smallest absolute Gasteiger partial charge is 0.0714 e. The van der Waals surface area contributed by atoms with E-state index in [1.54, 1.807) is 0 Å². The van der Waals surface area contributed by atoms with Crippen molar-refractivity contribution < 1.29 is 0 Å². The van der Waals surface area contributed by atoms with Crippen LogP contribution >= 0.6 is 0 Å². The summed E-state index contributed by atoms with van der Waals surface area (Å²) in [4.78, 5) is 0. The van der Waals surface area contributed by atoms with Crippen molar-refractivity contribution in [1.29, 1.82) is 0 Å². The number of nitrogen functional groups attached to an aromatic ring is 2. The average Bonchev–Trinajstić information content (AvgIpc) is 3.49. The molecular formula is C49H38N4. The quantitative estimate of drug-likeness (QED) is 0.120. The summed E-state index contributed by atoms with van der Waals surface area (Å²) in [6.45, 7) is 0. The maximum absolute atomic E-state index is 6.31. The van der Waals surface area contributed by atoms with Gasteiger partial charge >= 0.3 is 0 Å². The fourth-order valence-corrected chi connectivity index (χ4v) is 7.81. The van der Waals surface area contributed by atoms with E-state index in [-0.39, 0.29) is 0 Å². The maximum Gasteiger partial charge on any atom is 0.0714 e. The molecule has 8 aromatic rings. The first-order chi connectivity index (χ1) is 26.0. The van der Waals surface area contributed by atoms with Crippen LogP contribution < -0.4 is 22.1 Å². The second-order valence-corrected chi connectivity index (χ2v) is 13.7. The van der Waals surface area contributed by atoms with Crippen molar-refractivity contribution in [2.45, 2.75) is 5.41 Å². The molecule has 0 unspecified atom stereocenters. The van der Waals surface area contributed by atoms with Gasteiger partial charge in [0.15, 0.2) is 0 Å². The lowest BCUT2D eigenvalue weighted by molar-refractivity contribution is 0.769. The third-order valence-electron chi connectivity index (χ3n) is 10.4. The highest BCUT2D eigenvalue weighted by Gasteiger charge is 2.46. The third kappa shape index (κ3) is 5.86. The predicted molar refractivity (Wildman–Crippen MR) is 223 cm³/mol. The fraction of sp³-hybridized carbons (Fsp3) is 0.0204. The fourth-order valence-electron chi connectivity index (χ4n) is 7.81. The van der Waals surface area contributed by atoms with Crippen LogP contribution in [0, 0.1) is 0 Å². The lowest BCUT2D eigenvalue weighted by Gasteiger charge is -2.34. The summed E-state index contributed by atoms with van der Waals surface area (Å²) in [5.41, 5.74) is 29.5. The number of hydrogen-bond acceptors (Lipinski definition) is 4. The molecule has 0 spiro atoms. The lowest BCUT2D eigenvalue weighted by atomic mass is 9.67. The van der Waals surface area contributed by atoms with E-state index in [4.69, 9.17) is 11.5 Å². The van der Waals surface area contributed by atoms with Crippen LogP contribution in [0.2, 0.25) is 0 Å². The number of anilines is 6. The van der Waals surface area contributed by atoms with Crippen LogP contribution in [0.25, 0.3) is 33.4 Å². The summed E-state index contributed by atoms with van der Waals surface area (Å²) < 4.78 is 0. The largest absolute Gasteiger partial charge is 0.399 e. The van der Waals surface area contributed by atoms with Gasteiger partial charge in [-0.1, -0.05) is 109 Å². The molecule has 8 aromatic carbocycles. The van der Waals surface area contributed by atoms with Crippen LogP contribution in [0.15, 0.2) is 194 Å². The first-order valence-corrected chi connectivity index (χ1v) is 17.9. The Labute approximate surface area is 310 Å². The van der Waals surface area contributed by atoms with Gasteiger partial charge in [-0.2, -0.15) is 0 Å². The molecule has 0 fully saturated rings. The monoisotopic (exact) mass is 682 g/mol. The second kappa shape index (κ2) is 13.3. The Morgan fingerprint density at radius 1 is 0.321 bits per heavy atom. The number of nitrogens with two attached hydrogens (primary N) is 2. The molecule has 1 aliphatic rings. The number of nitrogens with one attached hydrogen (secondary N) is 2. The molecule has 0 saturated heterocycles. The molecule has 53 heavy (non-hydrogen) atoms. The molecule has 0 aliphatic heterocycles. The number of rotatable bonds is 8. The summed E-state index contributed by atoms with van der Waals surface area (Å²) in [6, 6.07) is 68.4. The van der Waals surface area contributed by atoms with Gasteiger partial charge in [0.25, 0.3) is 0 Å². The van der Waals surface area contributed by atoms with Crippen molar-refractivity contribution in [2.75, 3.05) is 22.1 Å². The summed E-state index contributed by atoms with van der Waals surface area (Å²) in [5.74, 6) is 0. The lowest BCUT2D eigenvalue weighted by Crippen LogP contribution is -2.28. The van der Waals surface area contributed by atoms with Gasteiger partial charge in [0.1, 0.15) is 0 Å². The minimum Gasteiger partial charge on any atom is -0.399 e. The maximum atomic E-state index is 6.31. The third-order valence-corrected chi connectivity index (χ3v) is 10.4. The van der Waals surface area contributed by atoms with Crippen LogP contribution in [0.3, 0.4) is 0 Å². The second-order valence-electron chi connectivity index (χ2n) is 13.7. The zero-order valence-corrected chi connectivity index (χ0v) is 29.1. The predicted octanol–water partition coefficient (Wildman–Crippen LogP) is 12.0. The van der Waals surface area contributed by atoms with Gasteiger partial charge in [0.2, 0.25) is 0 Å².